The normalized spacial score (nSPS) is 35.3. The number of amides is 1. The maximum atomic E-state index is 13.4. The topological polar surface area (TPSA) is 46.3 Å². The molecule has 4 heteroatoms. The summed E-state index contributed by atoms with van der Waals surface area (Å²) in [6.45, 7) is 1.61. The summed E-state index contributed by atoms with van der Waals surface area (Å²) in [5.41, 5.74) is 7.21. The summed E-state index contributed by atoms with van der Waals surface area (Å²) in [5, 5.41) is 0. The molecule has 1 heterocycles. The largest absolute Gasteiger partial charge is 0.341 e. The predicted molar refractivity (Wildman–Crippen MR) is 94.4 cm³/mol. The van der Waals surface area contributed by atoms with Gasteiger partial charge in [0, 0.05) is 19.1 Å². The number of hydrogen-bond donors (Lipinski definition) is 1. The molecular weight excluding hydrogens is 308 g/mol. The first-order valence-corrected chi connectivity index (χ1v) is 8.76. The third kappa shape index (κ3) is 2.89. The first kappa shape index (κ1) is 16.8. The molecule has 3 unspecified atom stereocenters. The molecule has 2 N–H and O–H groups in total. The van der Waals surface area contributed by atoms with Gasteiger partial charge in [-0.3, -0.25) is 4.79 Å². The van der Waals surface area contributed by atoms with Gasteiger partial charge in [0.2, 0.25) is 5.91 Å². The number of carbonyl (C=O) groups excluding carboxylic acids is 1. The molecule has 1 saturated heterocycles. The molecule has 0 radical (unpaired) electrons. The van der Waals surface area contributed by atoms with Gasteiger partial charge in [0.1, 0.15) is 0 Å². The Bertz CT molecular complexity index is 564. The van der Waals surface area contributed by atoms with E-state index >= 15 is 0 Å². The zero-order valence-corrected chi connectivity index (χ0v) is 14.4. The van der Waals surface area contributed by atoms with Gasteiger partial charge in [-0.25, -0.2) is 0 Å². The third-order valence-electron chi connectivity index (χ3n) is 6.28. The molecule has 0 aromatic heterocycles. The van der Waals surface area contributed by atoms with Crippen LogP contribution < -0.4 is 5.73 Å². The maximum Gasteiger partial charge on any atom is 0.229 e. The van der Waals surface area contributed by atoms with Crippen LogP contribution >= 0.6 is 12.4 Å². The fraction of sp³-hybridized carbons (Fsp3) is 0.632. The molecule has 4 rings (SSSR count). The fourth-order valence-corrected chi connectivity index (χ4v) is 5.24. The van der Waals surface area contributed by atoms with Gasteiger partial charge in [0.25, 0.3) is 0 Å². The molecule has 3 nitrogen and oxygen atoms in total. The molecule has 23 heavy (non-hydrogen) atoms. The van der Waals surface area contributed by atoms with Crippen LogP contribution in [0.15, 0.2) is 30.3 Å². The van der Waals surface area contributed by atoms with Crippen molar-refractivity contribution in [3.05, 3.63) is 35.9 Å². The monoisotopic (exact) mass is 334 g/mol. The van der Waals surface area contributed by atoms with Gasteiger partial charge < -0.3 is 10.6 Å². The van der Waals surface area contributed by atoms with E-state index in [4.69, 9.17) is 5.73 Å². The molecule has 3 aliphatic rings. The Kier molecular flexibility index (Phi) is 4.70. The summed E-state index contributed by atoms with van der Waals surface area (Å²) in [5.74, 6) is 1.76. The van der Waals surface area contributed by atoms with E-state index in [0.717, 1.165) is 38.3 Å². The van der Waals surface area contributed by atoms with Gasteiger partial charge in [-0.15, -0.1) is 12.4 Å². The van der Waals surface area contributed by atoms with Gasteiger partial charge in [0.05, 0.1) is 5.41 Å². The zero-order chi connectivity index (χ0) is 15.2. The number of nitrogens with two attached hydrogens (primary N) is 1. The molecule has 1 amide bonds. The minimum absolute atomic E-state index is 0. The van der Waals surface area contributed by atoms with Crippen molar-refractivity contribution in [1.82, 2.24) is 4.90 Å². The van der Waals surface area contributed by atoms with Crippen LogP contribution in [0.3, 0.4) is 0 Å². The lowest BCUT2D eigenvalue weighted by Gasteiger charge is -2.39. The SMILES string of the molecule is Cl.N[C@@H]1CCN(C(=O)C2(Cc3ccccc3)CC3CCC2C3)C1. The van der Waals surface area contributed by atoms with Crippen molar-refractivity contribution < 1.29 is 4.79 Å². The second-order valence-corrected chi connectivity index (χ2v) is 7.70. The third-order valence-corrected chi connectivity index (χ3v) is 6.28. The zero-order valence-electron chi connectivity index (χ0n) is 13.6. The average molecular weight is 335 g/mol. The molecule has 1 aromatic rings. The lowest BCUT2D eigenvalue weighted by molar-refractivity contribution is -0.144. The molecule has 1 aliphatic heterocycles. The summed E-state index contributed by atoms with van der Waals surface area (Å²) in [4.78, 5) is 15.4. The molecule has 0 spiro atoms. The van der Waals surface area contributed by atoms with Crippen LogP contribution in [-0.2, 0) is 11.2 Å². The van der Waals surface area contributed by atoms with E-state index in [2.05, 4.69) is 35.2 Å². The van der Waals surface area contributed by atoms with E-state index in [1.54, 1.807) is 0 Å². The van der Waals surface area contributed by atoms with Crippen molar-refractivity contribution in [3.8, 4) is 0 Å². The summed E-state index contributed by atoms with van der Waals surface area (Å²) < 4.78 is 0. The van der Waals surface area contributed by atoms with E-state index in [1.165, 1.54) is 24.8 Å². The van der Waals surface area contributed by atoms with E-state index < -0.39 is 0 Å². The van der Waals surface area contributed by atoms with Crippen molar-refractivity contribution >= 4 is 18.3 Å². The maximum absolute atomic E-state index is 13.4. The van der Waals surface area contributed by atoms with Gasteiger partial charge in [-0.1, -0.05) is 36.8 Å². The van der Waals surface area contributed by atoms with Gasteiger partial charge in [-0.05, 0) is 49.5 Å². The smallest absolute Gasteiger partial charge is 0.229 e. The molecule has 3 fully saturated rings. The molecule has 2 aliphatic carbocycles. The van der Waals surface area contributed by atoms with Crippen molar-refractivity contribution in [2.24, 2.45) is 23.0 Å². The Morgan fingerprint density at radius 1 is 1.22 bits per heavy atom. The summed E-state index contributed by atoms with van der Waals surface area (Å²) in [6, 6.07) is 10.8. The number of carbonyl (C=O) groups is 1. The van der Waals surface area contributed by atoms with Crippen LogP contribution in [0, 0.1) is 17.3 Å². The van der Waals surface area contributed by atoms with Crippen molar-refractivity contribution in [2.75, 3.05) is 13.1 Å². The average Bonchev–Trinajstić information content (AvgIpc) is 3.23. The minimum atomic E-state index is -0.145. The number of rotatable bonds is 3. The van der Waals surface area contributed by atoms with Gasteiger partial charge >= 0.3 is 0 Å². The Labute approximate surface area is 145 Å². The number of halogens is 1. The molecule has 2 saturated carbocycles. The Morgan fingerprint density at radius 3 is 2.57 bits per heavy atom. The highest BCUT2D eigenvalue weighted by molar-refractivity contribution is 5.85. The molecule has 126 valence electrons. The number of fused-ring (bicyclic) bond motifs is 2. The van der Waals surface area contributed by atoms with E-state index in [1.807, 2.05) is 0 Å². The Hall–Kier alpha value is -1.06. The van der Waals surface area contributed by atoms with E-state index in [-0.39, 0.29) is 23.9 Å². The quantitative estimate of drug-likeness (QED) is 0.923. The highest BCUT2D eigenvalue weighted by atomic mass is 35.5. The number of hydrogen-bond acceptors (Lipinski definition) is 2. The van der Waals surface area contributed by atoms with Crippen LogP contribution in [0.1, 0.15) is 37.7 Å². The summed E-state index contributed by atoms with van der Waals surface area (Å²) in [6.07, 6.45) is 6.80. The van der Waals surface area contributed by atoms with Gasteiger partial charge in [-0.2, -0.15) is 0 Å². The van der Waals surface area contributed by atoms with E-state index in [9.17, 15) is 4.79 Å². The first-order chi connectivity index (χ1) is 10.7. The van der Waals surface area contributed by atoms with Crippen LogP contribution in [-0.4, -0.2) is 29.9 Å². The predicted octanol–water partition coefficient (Wildman–Crippen LogP) is 3.02. The minimum Gasteiger partial charge on any atom is -0.341 e. The molecular formula is C19H27ClN2O. The summed E-state index contributed by atoms with van der Waals surface area (Å²) in [7, 11) is 0. The van der Waals surface area contributed by atoms with Crippen LogP contribution in [0.25, 0.3) is 0 Å². The second-order valence-electron chi connectivity index (χ2n) is 7.70. The fourth-order valence-electron chi connectivity index (χ4n) is 5.24. The number of likely N-dealkylation sites (tertiary alicyclic amines) is 1. The van der Waals surface area contributed by atoms with Crippen LogP contribution in [0.2, 0.25) is 0 Å². The van der Waals surface area contributed by atoms with Crippen molar-refractivity contribution in [2.45, 2.75) is 44.6 Å². The number of nitrogens with zero attached hydrogens (tertiary/aromatic N) is 1. The van der Waals surface area contributed by atoms with Crippen LogP contribution in [0.5, 0.6) is 0 Å². The Balaban J connectivity index is 0.00000156. The first-order valence-electron chi connectivity index (χ1n) is 8.76. The van der Waals surface area contributed by atoms with Crippen molar-refractivity contribution in [3.63, 3.8) is 0 Å². The standard InChI is InChI=1S/C19H26N2O.ClH/c20-17-8-9-21(13-17)18(22)19(11-14-4-2-1-3-5-14)12-15-6-7-16(19)10-15;/h1-5,15-17H,6-13,20H2;1H/t15?,16?,17-,19?;/m1./s1. The summed E-state index contributed by atoms with van der Waals surface area (Å²) >= 11 is 0. The van der Waals surface area contributed by atoms with Gasteiger partial charge in [0.15, 0.2) is 0 Å². The Morgan fingerprint density at radius 2 is 2.00 bits per heavy atom. The molecule has 1 aromatic carbocycles. The van der Waals surface area contributed by atoms with Crippen LogP contribution in [0.4, 0.5) is 0 Å². The highest BCUT2D eigenvalue weighted by Gasteiger charge is 2.56. The highest BCUT2D eigenvalue weighted by Crippen LogP contribution is 2.58. The lowest BCUT2D eigenvalue weighted by atomic mass is 9.68. The second kappa shape index (κ2) is 6.45. The lowest BCUT2D eigenvalue weighted by Crippen LogP contribution is -2.48. The molecule has 2 bridgehead atoms. The van der Waals surface area contributed by atoms with E-state index in [0.29, 0.717) is 11.8 Å². The van der Waals surface area contributed by atoms with Crippen molar-refractivity contribution in [1.29, 1.82) is 0 Å². The molecule has 4 atom stereocenters. The number of benzene rings is 1.